The highest BCUT2D eigenvalue weighted by Crippen LogP contribution is 2.15. The van der Waals surface area contributed by atoms with Crippen LogP contribution in [0.4, 0.5) is 5.69 Å². The van der Waals surface area contributed by atoms with E-state index in [1.54, 1.807) is 18.2 Å². The van der Waals surface area contributed by atoms with Crippen molar-refractivity contribution in [3.8, 4) is 11.8 Å². The lowest BCUT2D eigenvalue weighted by Gasteiger charge is -1.93. The summed E-state index contributed by atoms with van der Waals surface area (Å²) in [6.07, 6.45) is 0.683. The fraction of sp³-hybridized carbons (Fsp3) is 0.273. The summed E-state index contributed by atoms with van der Waals surface area (Å²) in [6, 6.07) is 6.50. The minimum atomic E-state index is -0.415. The lowest BCUT2D eigenvalue weighted by molar-refractivity contribution is -0.385. The quantitative estimate of drug-likeness (QED) is 0.352. The number of nitro benzene ring substituents is 1. The van der Waals surface area contributed by atoms with Gasteiger partial charge in [0.15, 0.2) is 0 Å². The largest absolute Gasteiger partial charge is 0.319 e. The molecule has 78 valence electrons. The van der Waals surface area contributed by atoms with Crippen LogP contribution in [0.1, 0.15) is 12.0 Å². The molecule has 0 atom stereocenters. The molecule has 15 heavy (non-hydrogen) atoms. The Morgan fingerprint density at radius 2 is 2.20 bits per heavy atom. The number of para-hydroxylation sites is 1. The Bertz CT molecular complexity index is 405. The summed E-state index contributed by atoms with van der Waals surface area (Å²) in [6.45, 7) is 0.785. The van der Waals surface area contributed by atoms with Gasteiger partial charge in [0.2, 0.25) is 0 Å². The monoisotopic (exact) mass is 204 g/mol. The van der Waals surface area contributed by atoms with Crippen LogP contribution in [0.25, 0.3) is 0 Å². The van der Waals surface area contributed by atoms with Crippen molar-refractivity contribution in [2.24, 2.45) is 0 Å². The molecule has 0 aromatic heterocycles. The van der Waals surface area contributed by atoms with Crippen LogP contribution in [0.15, 0.2) is 24.3 Å². The van der Waals surface area contributed by atoms with Gasteiger partial charge in [-0.05, 0) is 13.1 Å². The standard InChI is InChI=1S/C11H12N2O2/c1-12-9-5-4-7-10-6-2-3-8-11(10)13(14)15/h2-3,6,8,12H,5,9H2,1H3. The summed E-state index contributed by atoms with van der Waals surface area (Å²) in [5.74, 6) is 5.68. The summed E-state index contributed by atoms with van der Waals surface area (Å²) in [7, 11) is 1.84. The predicted octanol–water partition coefficient (Wildman–Crippen LogP) is 1.56. The predicted molar refractivity (Wildman–Crippen MR) is 58.5 cm³/mol. The Hall–Kier alpha value is -1.86. The normalized spacial score (nSPS) is 9.13. The summed E-state index contributed by atoms with van der Waals surface area (Å²) in [5, 5.41) is 13.6. The Morgan fingerprint density at radius 3 is 2.87 bits per heavy atom. The van der Waals surface area contributed by atoms with Crippen molar-refractivity contribution in [1.82, 2.24) is 5.32 Å². The molecule has 4 nitrogen and oxygen atoms in total. The van der Waals surface area contributed by atoms with E-state index >= 15 is 0 Å². The summed E-state index contributed by atoms with van der Waals surface area (Å²) in [4.78, 5) is 10.2. The number of nitrogens with one attached hydrogen (secondary N) is 1. The molecule has 0 saturated carbocycles. The summed E-state index contributed by atoms with van der Waals surface area (Å²) < 4.78 is 0. The van der Waals surface area contributed by atoms with Gasteiger partial charge in [-0.3, -0.25) is 10.1 Å². The summed E-state index contributed by atoms with van der Waals surface area (Å²) >= 11 is 0. The van der Waals surface area contributed by atoms with Gasteiger partial charge in [-0.1, -0.05) is 24.0 Å². The zero-order valence-corrected chi connectivity index (χ0v) is 8.49. The number of rotatable bonds is 3. The first-order valence-electron chi connectivity index (χ1n) is 4.62. The van der Waals surface area contributed by atoms with Crippen LogP contribution < -0.4 is 5.32 Å². The van der Waals surface area contributed by atoms with E-state index in [9.17, 15) is 10.1 Å². The molecule has 1 N–H and O–H groups in total. The van der Waals surface area contributed by atoms with Gasteiger partial charge in [0, 0.05) is 19.0 Å². The molecule has 0 spiro atoms. The zero-order valence-electron chi connectivity index (χ0n) is 8.49. The second kappa shape index (κ2) is 5.78. The second-order valence-corrected chi connectivity index (χ2v) is 2.93. The molecule has 4 heteroatoms. The number of nitrogens with zero attached hydrogens (tertiary/aromatic N) is 1. The van der Waals surface area contributed by atoms with Gasteiger partial charge in [-0.25, -0.2) is 0 Å². The number of benzene rings is 1. The maximum atomic E-state index is 10.6. The highest BCUT2D eigenvalue weighted by molar-refractivity contribution is 5.50. The van der Waals surface area contributed by atoms with Crippen LogP contribution >= 0.6 is 0 Å². The van der Waals surface area contributed by atoms with Gasteiger partial charge < -0.3 is 5.32 Å². The Balaban J connectivity index is 2.83. The Labute approximate surface area is 88.5 Å². The first-order chi connectivity index (χ1) is 7.25. The fourth-order valence-corrected chi connectivity index (χ4v) is 1.08. The summed E-state index contributed by atoms with van der Waals surface area (Å²) in [5.41, 5.74) is 0.535. The van der Waals surface area contributed by atoms with Crippen molar-refractivity contribution in [1.29, 1.82) is 0 Å². The molecule has 0 aliphatic rings. The maximum Gasteiger partial charge on any atom is 0.284 e. The lowest BCUT2D eigenvalue weighted by atomic mass is 10.2. The van der Waals surface area contributed by atoms with Gasteiger partial charge in [0.25, 0.3) is 5.69 Å². The molecule has 0 amide bonds. The maximum absolute atomic E-state index is 10.6. The van der Waals surface area contributed by atoms with Gasteiger partial charge in [-0.2, -0.15) is 0 Å². The van der Waals surface area contributed by atoms with Crippen molar-refractivity contribution in [2.75, 3.05) is 13.6 Å². The van der Waals surface area contributed by atoms with Crippen LogP contribution in [0.5, 0.6) is 0 Å². The first-order valence-corrected chi connectivity index (χ1v) is 4.62. The van der Waals surface area contributed by atoms with E-state index in [2.05, 4.69) is 17.2 Å². The molecule has 0 aliphatic heterocycles. The average Bonchev–Trinajstić information content (AvgIpc) is 2.25. The number of nitro groups is 1. The zero-order chi connectivity index (χ0) is 11.1. The third-order valence-electron chi connectivity index (χ3n) is 1.82. The third kappa shape index (κ3) is 3.41. The number of hydrogen-bond acceptors (Lipinski definition) is 3. The van der Waals surface area contributed by atoms with Crippen molar-refractivity contribution in [2.45, 2.75) is 6.42 Å². The lowest BCUT2D eigenvalue weighted by Crippen LogP contribution is -2.05. The van der Waals surface area contributed by atoms with E-state index in [-0.39, 0.29) is 5.69 Å². The Morgan fingerprint density at radius 1 is 1.47 bits per heavy atom. The molecule has 0 heterocycles. The van der Waals surface area contributed by atoms with E-state index < -0.39 is 4.92 Å². The van der Waals surface area contributed by atoms with Crippen LogP contribution in [0.2, 0.25) is 0 Å². The van der Waals surface area contributed by atoms with Crippen LogP contribution in [-0.2, 0) is 0 Å². The second-order valence-electron chi connectivity index (χ2n) is 2.93. The SMILES string of the molecule is CNCCC#Cc1ccccc1[N+](=O)[O-]. The smallest absolute Gasteiger partial charge is 0.284 e. The molecular formula is C11H12N2O2. The van der Waals surface area contributed by atoms with Crippen LogP contribution in [0, 0.1) is 22.0 Å². The molecule has 0 radical (unpaired) electrons. The van der Waals surface area contributed by atoms with Gasteiger partial charge in [-0.15, -0.1) is 0 Å². The van der Waals surface area contributed by atoms with Crippen molar-refractivity contribution >= 4 is 5.69 Å². The van der Waals surface area contributed by atoms with Gasteiger partial charge >= 0.3 is 0 Å². The van der Waals surface area contributed by atoms with E-state index in [1.165, 1.54) is 6.07 Å². The van der Waals surface area contributed by atoms with Crippen LogP contribution in [-0.4, -0.2) is 18.5 Å². The Kier molecular flexibility index (Phi) is 4.32. The van der Waals surface area contributed by atoms with E-state index in [0.29, 0.717) is 12.0 Å². The molecule has 1 aromatic carbocycles. The third-order valence-corrected chi connectivity index (χ3v) is 1.82. The minimum absolute atomic E-state index is 0.0643. The van der Waals surface area contributed by atoms with Gasteiger partial charge in [0.1, 0.15) is 5.56 Å². The molecule has 1 rings (SSSR count). The topological polar surface area (TPSA) is 55.2 Å². The molecule has 0 saturated heterocycles. The molecule has 0 bridgehead atoms. The average molecular weight is 204 g/mol. The molecule has 0 aliphatic carbocycles. The van der Waals surface area contributed by atoms with Crippen molar-refractivity contribution in [3.63, 3.8) is 0 Å². The van der Waals surface area contributed by atoms with Crippen molar-refractivity contribution in [3.05, 3.63) is 39.9 Å². The first kappa shape index (κ1) is 11.2. The molecule has 0 fully saturated rings. The highest BCUT2D eigenvalue weighted by atomic mass is 16.6. The molecule has 1 aromatic rings. The highest BCUT2D eigenvalue weighted by Gasteiger charge is 2.09. The molecular weight excluding hydrogens is 192 g/mol. The molecule has 0 unspecified atom stereocenters. The van der Waals surface area contributed by atoms with Gasteiger partial charge in [0.05, 0.1) is 4.92 Å². The van der Waals surface area contributed by atoms with E-state index in [0.717, 1.165) is 6.54 Å². The fourth-order valence-electron chi connectivity index (χ4n) is 1.08. The van der Waals surface area contributed by atoms with Crippen molar-refractivity contribution < 1.29 is 4.92 Å². The number of hydrogen-bond donors (Lipinski definition) is 1. The minimum Gasteiger partial charge on any atom is -0.319 e. The van der Waals surface area contributed by atoms with Crippen LogP contribution in [0.3, 0.4) is 0 Å². The van der Waals surface area contributed by atoms with E-state index in [4.69, 9.17) is 0 Å². The van der Waals surface area contributed by atoms with E-state index in [1.807, 2.05) is 7.05 Å².